The summed E-state index contributed by atoms with van der Waals surface area (Å²) in [6, 6.07) is 4.19. The summed E-state index contributed by atoms with van der Waals surface area (Å²) in [4.78, 5) is 0. The molecule has 0 saturated heterocycles. The fraction of sp³-hybridized carbons (Fsp3) is 0.870. The van der Waals surface area contributed by atoms with Crippen LogP contribution in [0.4, 0.5) is 0 Å². The van der Waals surface area contributed by atoms with Crippen LogP contribution in [0.1, 0.15) is 255 Å². The van der Waals surface area contributed by atoms with Crippen LogP contribution in [0, 0.1) is 13.8 Å². The van der Waals surface area contributed by atoms with Crippen molar-refractivity contribution in [3.63, 3.8) is 0 Å². The largest absolute Gasteiger partial charge is 0.285 e. The van der Waals surface area contributed by atoms with E-state index in [1.54, 1.807) is 0 Å². The highest BCUT2D eigenvalue weighted by Crippen LogP contribution is 2.43. The molecule has 294 valence electrons. The normalized spacial score (nSPS) is 13.2. The van der Waals surface area contributed by atoms with E-state index in [2.05, 4.69) is 46.8 Å². The quantitative estimate of drug-likeness (QED) is 0.0555. The van der Waals surface area contributed by atoms with Crippen molar-refractivity contribution < 1.29 is 13.0 Å². The molecule has 1 aromatic carbocycles. The Morgan fingerprint density at radius 2 is 0.740 bits per heavy atom. The summed E-state index contributed by atoms with van der Waals surface area (Å²) in [7, 11) is -4.28. The lowest BCUT2D eigenvalue weighted by Crippen LogP contribution is -2.37. The summed E-state index contributed by atoms with van der Waals surface area (Å²) in [6.07, 6.45) is 41.9. The van der Waals surface area contributed by atoms with Crippen molar-refractivity contribution in [1.29, 1.82) is 0 Å². The molecule has 1 unspecified atom stereocenters. The molecule has 1 rings (SSSR count). The molecule has 0 spiro atoms. The van der Waals surface area contributed by atoms with Crippen LogP contribution in [-0.4, -0.2) is 13.0 Å². The number of benzene rings is 1. The molecule has 0 aliphatic rings. The number of hydrogen-bond donors (Lipinski definition) is 1. The van der Waals surface area contributed by atoms with Crippen LogP contribution in [0.5, 0.6) is 0 Å². The fourth-order valence-electron chi connectivity index (χ4n) is 8.27. The highest BCUT2D eigenvalue weighted by Gasteiger charge is 2.44. The van der Waals surface area contributed by atoms with E-state index in [4.69, 9.17) is 0 Å². The van der Waals surface area contributed by atoms with Gasteiger partial charge in [0.05, 0.1) is 0 Å². The summed E-state index contributed by atoms with van der Waals surface area (Å²) < 4.78 is 36.7. The number of aryl methyl sites for hydroxylation is 1. The van der Waals surface area contributed by atoms with Crippen LogP contribution < -0.4 is 0 Å². The molecule has 0 aliphatic heterocycles. The third-order valence-electron chi connectivity index (χ3n) is 11.8. The van der Waals surface area contributed by atoms with Crippen molar-refractivity contribution in [3.05, 3.63) is 34.4 Å². The molecule has 0 fully saturated rings. The maximum absolute atomic E-state index is 13.4. The van der Waals surface area contributed by atoms with E-state index in [-0.39, 0.29) is 0 Å². The lowest BCUT2D eigenvalue weighted by Gasteiger charge is -2.34. The lowest BCUT2D eigenvalue weighted by molar-refractivity contribution is 0.372. The van der Waals surface area contributed by atoms with E-state index in [0.717, 1.165) is 62.5 Å². The number of hydrogen-bond acceptors (Lipinski definition) is 2. The highest BCUT2D eigenvalue weighted by atomic mass is 32.2. The summed E-state index contributed by atoms with van der Waals surface area (Å²) in [5, 5.41) is 0. The van der Waals surface area contributed by atoms with Crippen LogP contribution in [-0.2, 0) is 21.3 Å². The van der Waals surface area contributed by atoms with Crippen LogP contribution in [0.15, 0.2) is 12.1 Å². The van der Waals surface area contributed by atoms with Gasteiger partial charge < -0.3 is 0 Å². The van der Waals surface area contributed by atoms with Crippen LogP contribution >= 0.6 is 0 Å². The molecular weight excluding hydrogens is 633 g/mol. The number of unbranched alkanes of at least 4 members (excludes halogenated alkanes) is 28. The van der Waals surface area contributed by atoms with Crippen molar-refractivity contribution in [2.75, 3.05) is 0 Å². The SMILES string of the molecule is CCCCCCCCCCCCCCCCCCC(CCCCCCCCCCCCCCCC)(c1ccc(CCC)c(C)c1C)S(=O)(=O)O. The Kier molecular flexibility index (Phi) is 28.8. The first-order valence-electron chi connectivity index (χ1n) is 22.3. The second kappa shape index (κ2) is 30.6. The smallest absolute Gasteiger partial charge is 0.274 e. The Bertz CT molecular complexity index is 1030. The molecule has 3 nitrogen and oxygen atoms in total. The maximum atomic E-state index is 13.4. The molecule has 0 radical (unpaired) electrons. The van der Waals surface area contributed by atoms with Crippen LogP contribution in [0.25, 0.3) is 0 Å². The van der Waals surface area contributed by atoms with Crippen molar-refractivity contribution in [1.82, 2.24) is 0 Å². The van der Waals surface area contributed by atoms with E-state index in [0.29, 0.717) is 12.8 Å². The van der Waals surface area contributed by atoms with Gasteiger partial charge in [-0.15, -0.1) is 0 Å². The molecule has 1 aromatic rings. The molecule has 0 aromatic heterocycles. The summed E-state index contributed by atoms with van der Waals surface area (Å²) >= 11 is 0. The van der Waals surface area contributed by atoms with E-state index in [9.17, 15) is 13.0 Å². The molecule has 0 amide bonds. The lowest BCUT2D eigenvalue weighted by atomic mass is 9.82. The van der Waals surface area contributed by atoms with Gasteiger partial charge in [-0.05, 0) is 55.4 Å². The third-order valence-corrected chi connectivity index (χ3v) is 13.4. The zero-order chi connectivity index (χ0) is 36.8. The van der Waals surface area contributed by atoms with Gasteiger partial charge in [0, 0.05) is 0 Å². The summed E-state index contributed by atoms with van der Waals surface area (Å²) in [5.74, 6) is 0. The van der Waals surface area contributed by atoms with E-state index in [1.807, 2.05) is 0 Å². The predicted octanol–water partition coefficient (Wildman–Crippen LogP) is 15.9. The first-order valence-corrected chi connectivity index (χ1v) is 23.8. The van der Waals surface area contributed by atoms with Crippen LogP contribution in [0.2, 0.25) is 0 Å². The summed E-state index contributed by atoms with van der Waals surface area (Å²) in [5.41, 5.74) is 4.42. The minimum atomic E-state index is -4.28. The minimum absolute atomic E-state index is 0.524. The molecule has 4 heteroatoms. The van der Waals surface area contributed by atoms with Gasteiger partial charge in [0.2, 0.25) is 0 Å². The first kappa shape index (κ1) is 47.2. The van der Waals surface area contributed by atoms with Gasteiger partial charge >= 0.3 is 0 Å². The molecule has 0 saturated carbocycles. The first-order chi connectivity index (χ1) is 24.2. The van der Waals surface area contributed by atoms with Gasteiger partial charge in [-0.2, -0.15) is 8.42 Å². The van der Waals surface area contributed by atoms with E-state index in [1.165, 1.54) is 165 Å². The average Bonchev–Trinajstić information content (AvgIpc) is 3.09. The average molecular weight is 719 g/mol. The Morgan fingerprint density at radius 3 is 1.02 bits per heavy atom. The molecule has 1 N–H and O–H groups in total. The zero-order valence-corrected chi connectivity index (χ0v) is 35.2. The predicted molar refractivity (Wildman–Crippen MR) is 222 cm³/mol. The Morgan fingerprint density at radius 1 is 0.440 bits per heavy atom. The third kappa shape index (κ3) is 20.4. The standard InChI is InChI=1S/C46H86O3S/c1-6-9-11-13-15-17-19-21-23-24-26-28-30-32-34-36-41-46(50(47,48)49,45-39-38-44(37-8-3)42(4)43(45)5)40-35-33-31-29-27-25-22-20-18-16-14-12-10-7-2/h38-39H,6-37,40-41H2,1-5H3,(H,47,48,49). The van der Waals surface area contributed by atoms with Gasteiger partial charge in [-0.25, -0.2) is 0 Å². The minimum Gasteiger partial charge on any atom is -0.285 e. The molecule has 1 atom stereocenters. The Hall–Kier alpha value is -0.870. The van der Waals surface area contributed by atoms with Crippen LogP contribution in [0.3, 0.4) is 0 Å². The second-order valence-corrected chi connectivity index (χ2v) is 17.9. The monoisotopic (exact) mass is 719 g/mol. The molecule has 0 bridgehead atoms. The zero-order valence-electron chi connectivity index (χ0n) is 34.4. The molecule has 50 heavy (non-hydrogen) atoms. The molecule has 0 aliphatic carbocycles. The van der Waals surface area contributed by atoms with Crippen molar-refractivity contribution in [2.24, 2.45) is 0 Å². The van der Waals surface area contributed by atoms with Gasteiger partial charge in [0.1, 0.15) is 4.75 Å². The van der Waals surface area contributed by atoms with Crippen molar-refractivity contribution in [3.8, 4) is 0 Å². The molecule has 0 heterocycles. The second-order valence-electron chi connectivity index (χ2n) is 16.1. The number of rotatable bonds is 36. The highest BCUT2D eigenvalue weighted by molar-refractivity contribution is 7.86. The topological polar surface area (TPSA) is 54.4 Å². The van der Waals surface area contributed by atoms with Gasteiger partial charge in [0.15, 0.2) is 0 Å². The summed E-state index contributed by atoms with van der Waals surface area (Å²) in [6.45, 7) is 11.0. The van der Waals surface area contributed by atoms with E-state index >= 15 is 0 Å². The Balaban J connectivity index is 2.57. The van der Waals surface area contributed by atoms with Gasteiger partial charge in [-0.1, -0.05) is 232 Å². The van der Waals surface area contributed by atoms with Gasteiger partial charge in [-0.3, -0.25) is 4.55 Å². The van der Waals surface area contributed by atoms with Crippen molar-refractivity contribution in [2.45, 2.75) is 258 Å². The van der Waals surface area contributed by atoms with Gasteiger partial charge in [0.25, 0.3) is 10.1 Å². The Labute approximate surface area is 314 Å². The fourth-order valence-corrected chi connectivity index (χ4v) is 9.57. The molecular formula is C46H86O3S. The van der Waals surface area contributed by atoms with Crippen molar-refractivity contribution >= 4 is 10.1 Å². The van der Waals surface area contributed by atoms with E-state index < -0.39 is 14.9 Å². The maximum Gasteiger partial charge on any atom is 0.274 e.